The zero-order valence-corrected chi connectivity index (χ0v) is 57.6. The Bertz CT molecular complexity index is 2870. The number of aryl methyl sites for hydroxylation is 1. The third-order valence-corrected chi connectivity index (χ3v) is 21.4. The third kappa shape index (κ3) is 18.4. The van der Waals surface area contributed by atoms with Crippen LogP contribution >= 0.6 is 0 Å². The standard InChI is InChI=1S/C69H107FN12O12/c1-11-45(2)59-66(92)76(6)43-57(85)74(4)44-58(86)78(8)53(40-48-24-15-12-16-25-48)64(90)75(5)42-55(83)71-51(34-31-47-29-32-50(70)33-30-47)63(89)82-39-23-28-52(82)62(88)73-69(35-19-20-36-69)68(94)80(10)60(49-26-17-13-18-27-49)67(93)79(9)54(65(91)81-37-21-14-22-38-81)41-56(84)77(7)46(3)61(87)72-59/h29-30,32-33,45-46,48-49,51-54,59-60H,11-28,31,34-44H2,1-10H3,(H,71,83)(H,72,87)(H,73,88)/t45-,46-,51-,52-,53-,54-,59-,60-/m0/s1. The first-order valence-electron chi connectivity index (χ1n) is 34.7. The molecule has 94 heavy (non-hydrogen) atoms. The first-order valence-corrected chi connectivity index (χ1v) is 34.7. The summed E-state index contributed by atoms with van der Waals surface area (Å²) >= 11 is 0. The van der Waals surface area contributed by atoms with Gasteiger partial charge >= 0.3 is 0 Å². The summed E-state index contributed by atoms with van der Waals surface area (Å²) in [5, 5.41) is 8.82. The molecule has 3 heterocycles. The van der Waals surface area contributed by atoms with Crippen molar-refractivity contribution in [1.82, 2.24) is 60.0 Å². The van der Waals surface area contributed by atoms with Gasteiger partial charge in [-0.25, -0.2) is 4.39 Å². The van der Waals surface area contributed by atoms with Crippen LogP contribution in [0.1, 0.15) is 174 Å². The number of likely N-dealkylation sites (tertiary alicyclic amines) is 1. The van der Waals surface area contributed by atoms with Gasteiger partial charge in [-0.2, -0.15) is 0 Å². The molecular formula is C69H107FN12O12. The number of nitrogens with zero attached hydrogens (tertiary/aromatic N) is 9. The summed E-state index contributed by atoms with van der Waals surface area (Å²) < 4.78 is 14.1. The number of carbonyl (C=O) groups excluding carboxylic acids is 12. The molecule has 3 aliphatic carbocycles. The van der Waals surface area contributed by atoms with E-state index in [1.165, 1.54) is 90.7 Å². The maximum atomic E-state index is 15.7. The number of rotatable bonds is 9. The molecule has 6 aliphatic rings. The summed E-state index contributed by atoms with van der Waals surface area (Å²) in [5.74, 6) is -8.25. The smallest absolute Gasteiger partial charge is 0.248 e. The van der Waals surface area contributed by atoms with Crippen molar-refractivity contribution >= 4 is 70.9 Å². The largest absolute Gasteiger partial charge is 0.343 e. The second kappa shape index (κ2) is 33.9. The van der Waals surface area contributed by atoms with Gasteiger partial charge in [0.2, 0.25) is 70.9 Å². The zero-order chi connectivity index (χ0) is 68.7. The van der Waals surface area contributed by atoms with Crippen molar-refractivity contribution in [2.75, 3.05) is 88.6 Å². The lowest BCUT2D eigenvalue weighted by Crippen LogP contribution is -2.65. The number of benzene rings is 1. The summed E-state index contributed by atoms with van der Waals surface area (Å²) in [6.07, 6.45) is 13.2. The molecule has 0 unspecified atom stereocenters. The number of carbonyl (C=O) groups is 12. The van der Waals surface area contributed by atoms with Gasteiger partial charge < -0.3 is 60.0 Å². The first kappa shape index (κ1) is 74.2. The van der Waals surface area contributed by atoms with Crippen LogP contribution in [0.25, 0.3) is 0 Å². The number of halogens is 1. The van der Waals surface area contributed by atoms with Gasteiger partial charge in [-0.1, -0.05) is 96.6 Å². The van der Waals surface area contributed by atoms with E-state index in [1.54, 1.807) is 31.0 Å². The molecule has 1 spiro atoms. The zero-order valence-electron chi connectivity index (χ0n) is 57.6. The predicted molar refractivity (Wildman–Crippen MR) is 350 cm³/mol. The fourth-order valence-electron chi connectivity index (χ4n) is 14.9. The van der Waals surface area contributed by atoms with Crippen molar-refractivity contribution < 1.29 is 61.9 Å². The SMILES string of the molecule is CC[C@H](C)[C@@H]1NC(=O)[C@H](C)N(C)C(=O)C[C@@H](C(=O)N2CCCCC2)N(C)C(=O)[C@H](C2CCCCC2)N(C)C(=O)C2(CCCC2)NC(=O)[C@@H]2CCCN2C(=O)[C@H](CCc2ccc(F)cc2)NC(=O)CN(C)C(=O)[C@H](CC2CCCCC2)N(C)C(=O)CN(C)C(=O)CN(C)C1=O. The monoisotopic (exact) mass is 1310 g/mol. The number of fused-ring (bicyclic) bond motifs is 1. The minimum absolute atomic E-state index is 0.0260. The molecule has 7 rings (SSSR count). The van der Waals surface area contributed by atoms with Gasteiger partial charge in [0.25, 0.3) is 0 Å². The Balaban J connectivity index is 1.25. The van der Waals surface area contributed by atoms with Crippen LogP contribution in [-0.4, -0.2) is 251 Å². The lowest BCUT2D eigenvalue weighted by atomic mass is 9.81. The van der Waals surface area contributed by atoms with Gasteiger partial charge in [-0.05, 0) is 119 Å². The van der Waals surface area contributed by atoms with Crippen molar-refractivity contribution in [3.8, 4) is 0 Å². The van der Waals surface area contributed by atoms with E-state index in [2.05, 4.69) is 16.0 Å². The van der Waals surface area contributed by atoms with Gasteiger partial charge in [-0.3, -0.25) is 57.5 Å². The Hall–Kier alpha value is -7.21. The molecule has 8 atom stereocenters. The molecule has 1 aromatic rings. The number of amides is 12. The fraction of sp³-hybridized carbons (Fsp3) is 0.739. The highest BCUT2D eigenvalue weighted by molar-refractivity contribution is 6.00. The molecule has 3 saturated carbocycles. The van der Waals surface area contributed by atoms with Crippen molar-refractivity contribution in [2.45, 2.75) is 223 Å². The summed E-state index contributed by atoms with van der Waals surface area (Å²) in [6, 6.07) is -2.46. The molecule has 3 N–H and O–H groups in total. The van der Waals surface area contributed by atoms with E-state index in [1.807, 2.05) is 6.92 Å². The number of hydrogen-bond acceptors (Lipinski definition) is 12. The second-order valence-corrected chi connectivity index (χ2v) is 28.0. The molecule has 0 aromatic heterocycles. The normalized spacial score (nSPS) is 27.6. The van der Waals surface area contributed by atoms with Crippen LogP contribution in [0.15, 0.2) is 24.3 Å². The molecule has 25 heteroatoms. The Labute approximate surface area is 555 Å². The highest BCUT2D eigenvalue weighted by atomic mass is 19.1. The molecule has 0 radical (unpaired) electrons. The number of nitrogens with one attached hydrogen (secondary N) is 3. The van der Waals surface area contributed by atoms with Gasteiger partial charge in [-0.15, -0.1) is 0 Å². The maximum Gasteiger partial charge on any atom is 0.248 e. The van der Waals surface area contributed by atoms with Crippen LogP contribution in [0.3, 0.4) is 0 Å². The van der Waals surface area contributed by atoms with Gasteiger partial charge in [0.05, 0.1) is 26.1 Å². The molecule has 12 amide bonds. The number of likely N-dealkylation sites (N-methyl/N-ethyl adjacent to an activating group) is 7. The van der Waals surface area contributed by atoms with Gasteiger partial charge in [0.15, 0.2) is 0 Å². The summed E-state index contributed by atoms with van der Waals surface area (Å²) in [6.45, 7) is 4.55. The molecule has 24 nitrogen and oxygen atoms in total. The Morgan fingerprint density at radius 2 is 1.19 bits per heavy atom. The molecule has 3 aliphatic heterocycles. The van der Waals surface area contributed by atoms with Crippen LogP contribution in [0.4, 0.5) is 4.39 Å². The van der Waals surface area contributed by atoms with E-state index in [-0.39, 0.29) is 56.9 Å². The van der Waals surface area contributed by atoms with Crippen molar-refractivity contribution in [3.05, 3.63) is 35.6 Å². The van der Waals surface area contributed by atoms with Gasteiger partial charge in [0.1, 0.15) is 53.6 Å². The second-order valence-electron chi connectivity index (χ2n) is 28.0. The van der Waals surface area contributed by atoms with E-state index >= 15 is 19.2 Å². The van der Waals surface area contributed by atoms with E-state index in [0.717, 1.165) is 67.6 Å². The van der Waals surface area contributed by atoms with E-state index in [9.17, 15) is 42.7 Å². The van der Waals surface area contributed by atoms with E-state index in [0.29, 0.717) is 70.0 Å². The summed E-state index contributed by atoms with van der Waals surface area (Å²) in [7, 11) is 10.2. The lowest BCUT2D eigenvalue weighted by Gasteiger charge is -2.43. The average Bonchev–Trinajstić information content (AvgIpc) is 1.15. The van der Waals surface area contributed by atoms with Crippen LogP contribution in [0.5, 0.6) is 0 Å². The molecule has 0 bridgehead atoms. The van der Waals surface area contributed by atoms with Crippen molar-refractivity contribution in [2.24, 2.45) is 17.8 Å². The molecule has 1 aromatic carbocycles. The number of piperidine rings is 1. The van der Waals surface area contributed by atoms with Crippen LogP contribution in [0, 0.1) is 23.6 Å². The fourth-order valence-corrected chi connectivity index (χ4v) is 14.9. The Kier molecular flexibility index (Phi) is 26.8. The van der Waals surface area contributed by atoms with Crippen LogP contribution in [0.2, 0.25) is 0 Å². The quantitative estimate of drug-likeness (QED) is 0.318. The van der Waals surface area contributed by atoms with E-state index in [4.69, 9.17) is 0 Å². The Morgan fingerprint density at radius 3 is 1.82 bits per heavy atom. The van der Waals surface area contributed by atoms with Crippen molar-refractivity contribution in [1.29, 1.82) is 0 Å². The molecule has 522 valence electrons. The first-order chi connectivity index (χ1) is 44.7. The van der Waals surface area contributed by atoms with E-state index < -0.39 is 157 Å². The minimum atomic E-state index is -1.49. The number of hydrogen-bond donors (Lipinski definition) is 3. The van der Waals surface area contributed by atoms with Crippen molar-refractivity contribution in [3.63, 3.8) is 0 Å². The summed E-state index contributed by atoms with van der Waals surface area (Å²) in [5.41, 5.74) is -0.818. The predicted octanol–water partition coefficient (Wildman–Crippen LogP) is 3.86. The Morgan fingerprint density at radius 1 is 0.596 bits per heavy atom. The maximum absolute atomic E-state index is 15.7. The molecular weight excluding hydrogens is 1210 g/mol. The summed E-state index contributed by atoms with van der Waals surface area (Å²) in [4.78, 5) is 189. The van der Waals surface area contributed by atoms with Gasteiger partial charge in [0, 0.05) is 69.0 Å². The molecule has 3 saturated heterocycles. The van der Waals surface area contributed by atoms with Crippen LogP contribution < -0.4 is 16.0 Å². The molecule has 6 fully saturated rings. The van der Waals surface area contributed by atoms with Crippen LogP contribution in [-0.2, 0) is 64.0 Å². The highest BCUT2D eigenvalue weighted by Gasteiger charge is 2.51. The third-order valence-electron chi connectivity index (χ3n) is 21.4. The average molecular weight is 1320 g/mol. The topological polar surface area (TPSA) is 270 Å². The lowest BCUT2D eigenvalue weighted by molar-refractivity contribution is -0.157. The highest BCUT2D eigenvalue weighted by Crippen LogP contribution is 2.37. The minimum Gasteiger partial charge on any atom is -0.343 e.